The van der Waals surface area contributed by atoms with Crippen molar-refractivity contribution in [1.29, 1.82) is 0 Å². The zero-order valence-corrected chi connectivity index (χ0v) is 13.9. The first-order valence-corrected chi connectivity index (χ1v) is 8.24. The van der Waals surface area contributed by atoms with Crippen LogP contribution in [0, 0.1) is 13.8 Å². The van der Waals surface area contributed by atoms with Crippen molar-refractivity contribution in [2.45, 2.75) is 45.6 Å². The van der Waals surface area contributed by atoms with E-state index in [2.05, 4.69) is 32.9 Å². The maximum absolute atomic E-state index is 6.11. The zero-order valence-electron chi connectivity index (χ0n) is 13.9. The van der Waals surface area contributed by atoms with E-state index in [1.165, 1.54) is 5.57 Å². The number of piperidine rings is 1. The average molecular weight is 314 g/mol. The van der Waals surface area contributed by atoms with Gasteiger partial charge in [0.1, 0.15) is 5.82 Å². The second kappa shape index (κ2) is 5.30. The fourth-order valence-electron chi connectivity index (χ4n) is 3.60. The van der Waals surface area contributed by atoms with Crippen LogP contribution in [0.2, 0.25) is 0 Å². The van der Waals surface area contributed by atoms with Crippen molar-refractivity contribution in [3.63, 3.8) is 0 Å². The molecule has 0 amide bonds. The first kappa shape index (κ1) is 14.6. The van der Waals surface area contributed by atoms with Gasteiger partial charge < -0.3 is 14.1 Å². The van der Waals surface area contributed by atoms with Gasteiger partial charge in [-0.25, -0.2) is 9.97 Å². The fraction of sp³-hybridized carbons (Fsp3) is 0.588. The van der Waals surface area contributed by atoms with Gasteiger partial charge in [0, 0.05) is 20.0 Å². The molecule has 0 radical (unpaired) electrons. The topological polar surface area (TPSA) is 64.3 Å². The number of fused-ring (bicyclic) bond motifs is 1. The molecule has 2 aliphatic heterocycles. The molecule has 0 N–H and O–H groups in total. The molecule has 0 aromatic carbocycles. The Hall–Kier alpha value is -1.95. The SMILES string of the molecule is CC1=CC2(CCN(c3nc(C)nc4oc(C)nc34)CC2)OCC1. The highest BCUT2D eigenvalue weighted by molar-refractivity contribution is 5.82. The van der Waals surface area contributed by atoms with Crippen LogP contribution in [-0.4, -0.2) is 40.2 Å². The van der Waals surface area contributed by atoms with Gasteiger partial charge in [0.2, 0.25) is 0 Å². The highest BCUT2D eigenvalue weighted by Crippen LogP contribution is 2.35. The molecule has 6 nitrogen and oxygen atoms in total. The number of nitrogens with zero attached hydrogens (tertiary/aromatic N) is 4. The van der Waals surface area contributed by atoms with E-state index in [0.717, 1.165) is 50.3 Å². The number of anilines is 1. The van der Waals surface area contributed by atoms with Crippen molar-refractivity contribution in [3.8, 4) is 0 Å². The Labute approximate surface area is 135 Å². The Morgan fingerprint density at radius 1 is 1.09 bits per heavy atom. The molecule has 0 aliphatic carbocycles. The van der Waals surface area contributed by atoms with Gasteiger partial charge in [-0.05, 0) is 33.1 Å². The largest absolute Gasteiger partial charge is 0.422 e. The number of aromatic nitrogens is 3. The molecule has 23 heavy (non-hydrogen) atoms. The lowest BCUT2D eigenvalue weighted by Crippen LogP contribution is -2.46. The van der Waals surface area contributed by atoms with Crippen LogP contribution < -0.4 is 4.90 Å². The molecule has 4 heterocycles. The molecule has 1 saturated heterocycles. The van der Waals surface area contributed by atoms with Gasteiger partial charge in [0.05, 0.1) is 12.2 Å². The van der Waals surface area contributed by atoms with E-state index in [1.54, 1.807) is 0 Å². The van der Waals surface area contributed by atoms with E-state index in [1.807, 2.05) is 13.8 Å². The number of rotatable bonds is 1. The number of aryl methyl sites for hydroxylation is 2. The van der Waals surface area contributed by atoms with Crippen LogP contribution in [0.3, 0.4) is 0 Å². The number of hydrogen-bond acceptors (Lipinski definition) is 6. The monoisotopic (exact) mass is 314 g/mol. The third-order valence-corrected chi connectivity index (χ3v) is 4.76. The van der Waals surface area contributed by atoms with Crippen LogP contribution in [0.25, 0.3) is 11.2 Å². The van der Waals surface area contributed by atoms with Crippen molar-refractivity contribution in [1.82, 2.24) is 15.0 Å². The first-order valence-electron chi connectivity index (χ1n) is 8.24. The Morgan fingerprint density at radius 2 is 1.87 bits per heavy atom. The molecule has 2 aromatic heterocycles. The highest BCUT2D eigenvalue weighted by Gasteiger charge is 2.36. The van der Waals surface area contributed by atoms with Crippen molar-refractivity contribution in [2.75, 3.05) is 24.6 Å². The number of ether oxygens (including phenoxy) is 1. The van der Waals surface area contributed by atoms with Crippen LogP contribution in [0.1, 0.15) is 37.9 Å². The standard InChI is InChI=1S/C17H22N4O2/c1-11-4-9-22-17(10-11)5-7-21(8-6-17)15-14-16(19-12(2)18-15)23-13(3)20-14/h10H,4-9H2,1-3H3. The first-order chi connectivity index (χ1) is 11.0. The molecule has 6 heteroatoms. The maximum atomic E-state index is 6.11. The summed E-state index contributed by atoms with van der Waals surface area (Å²) in [5.74, 6) is 2.23. The minimum absolute atomic E-state index is 0.0836. The smallest absolute Gasteiger partial charge is 0.252 e. The second-order valence-corrected chi connectivity index (χ2v) is 6.62. The molecule has 122 valence electrons. The summed E-state index contributed by atoms with van der Waals surface area (Å²) in [7, 11) is 0. The van der Waals surface area contributed by atoms with Gasteiger partial charge in [-0.15, -0.1) is 0 Å². The van der Waals surface area contributed by atoms with Crippen LogP contribution in [0.4, 0.5) is 5.82 Å². The van der Waals surface area contributed by atoms with Crippen molar-refractivity contribution < 1.29 is 9.15 Å². The molecular weight excluding hydrogens is 292 g/mol. The summed E-state index contributed by atoms with van der Waals surface area (Å²) < 4.78 is 11.7. The zero-order chi connectivity index (χ0) is 16.0. The molecule has 4 rings (SSSR count). The minimum Gasteiger partial charge on any atom is -0.422 e. The average Bonchev–Trinajstić information content (AvgIpc) is 2.87. The predicted octanol–water partition coefficient (Wildman–Crippen LogP) is 2.94. The van der Waals surface area contributed by atoms with E-state index < -0.39 is 0 Å². The molecule has 1 fully saturated rings. The van der Waals surface area contributed by atoms with Gasteiger partial charge in [-0.1, -0.05) is 11.6 Å². The normalized spacial score (nSPS) is 21.0. The molecule has 0 unspecified atom stereocenters. The molecular formula is C17H22N4O2. The van der Waals surface area contributed by atoms with Crippen molar-refractivity contribution in [3.05, 3.63) is 23.4 Å². The summed E-state index contributed by atoms with van der Waals surface area (Å²) in [5, 5.41) is 0. The van der Waals surface area contributed by atoms with Gasteiger partial charge in [-0.3, -0.25) is 0 Å². The van der Waals surface area contributed by atoms with Crippen molar-refractivity contribution in [2.24, 2.45) is 0 Å². The van der Waals surface area contributed by atoms with E-state index in [9.17, 15) is 0 Å². The number of oxazole rings is 1. The van der Waals surface area contributed by atoms with Crippen LogP contribution in [-0.2, 0) is 4.74 Å². The molecule has 0 saturated carbocycles. The number of hydrogen-bond donors (Lipinski definition) is 0. The minimum atomic E-state index is -0.0836. The summed E-state index contributed by atoms with van der Waals surface area (Å²) in [6, 6.07) is 0. The third kappa shape index (κ3) is 2.61. The van der Waals surface area contributed by atoms with Gasteiger partial charge >= 0.3 is 0 Å². The third-order valence-electron chi connectivity index (χ3n) is 4.76. The van der Waals surface area contributed by atoms with Crippen LogP contribution in [0.5, 0.6) is 0 Å². The van der Waals surface area contributed by atoms with E-state index >= 15 is 0 Å². The lowest BCUT2D eigenvalue weighted by molar-refractivity contribution is -0.0326. The van der Waals surface area contributed by atoms with Gasteiger partial charge in [0.25, 0.3) is 5.71 Å². The summed E-state index contributed by atoms with van der Waals surface area (Å²) in [6.45, 7) is 8.58. The van der Waals surface area contributed by atoms with E-state index in [0.29, 0.717) is 17.4 Å². The van der Waals surface area contributed by atoms with Crippen LogP contribution in [0.15, 0.2) is 16.1 Å². The van der Waals surface area contributed by atoms with Crippen molar-refractivity contribution >= 4 is 17.0 Å². The maximum Gasteiger partial charge on any atom is 0.252 e. The Kier molecular flexibility index (Phi) is 3.37. The fourth-order valence-corrected chi connectivity index (χ4v) is 3.60. The molecule has 0 bridgehead atoms. The summed E-state index contributed by atoms with van der Waals surface area (Å²) in [4.78, 5) is 15.7. The second-order valence-electron chi connectivity index (χ2n) is 6.62. The van der Waals surface area contributed by atoms with Gasteiger partial charge in [0.15, 0.2) is 17.2 Å². The van der Waals surface area contributed by atoms with Gasteiger partial charge in [-0.2, -0.15) is 4.98 Å². The Bertz CT molecular complexity index is 772. The quantitative estimate of drug-likeness (QED) is 0.754. The Morgan fingerprint density at radius 3 is 2.61 bits per heavy atom. The lowest BCUT2D eigenvalue weighted by atomic mass is 9.87. The van der Waals surface area contributed by atoms with Crippen LogP contribution >= 0.6 is 0 Å². The molecule has 2 aliphatic rings. The molecule has 1 spiro atoms. The highest BCUT2D eigenvalue weighted by atomic mass is 16.5. The summed E-state index contributed by atoms with van der Waals surface area (Å²) in [5.41, 5.74) is 2.70. The summed E-state index contributed by atoms with van der Waals surface area (Å²) >= 11 is 0. The lowest BCUT2D eigenvalue weighted by Gasteiger charge is -2.42. The predicted molar refractivity (Wildman–Crippen MR) is 87.6 cm³/mol. The molecule has 0 atom stereocenters. The Balaban J connectivity index is 1.63. The molecule has 2 aromatic rings. The van der Waals surface area contributed by atoms with E-state index in [-0.39, 0.29) is 5.60 Å². The summed E-state index contributed by atoms with van der Waals surface area (Å²) in [6.07, 6.45) is 5.34. The van der Waals surface area contributed by atoms with E-state index in [4.69, 9.17) is 9.15 Å².